The van der Waals surface area contributed by atoms with Gasteiger partial charge in [0.25, 0.3) is 5.91 Å². The van der Waals surface area contributed by atoms with Gasteiger partial charge in [-0.15, -0.1) is 0 Å². The van der Waals surface area contributed by atoms with Crippen molar-refractivity contribution in [2.24, 2.45) is 0 Å². The second kappa shape index (κ2) is 6.48. The number of nitrogens with zero attached hydrogens (tertiary/aromatic N) is 4. The van der Waals surface area contributed by atoms with Crippen LogP contribution in [-0.2, 0) is 6.54 Å². The molecule has 0 fully saturated rings. The highest BCUT2D eigenvalue weighted by Crippen LogP contribution is 2.14. The van der Waals surface area contributed by atoms with Gasteiger partial charge in [-0.2, -0.15) is 5.10 Å². The van der Waals surface area contributed by atoms with Gasteiger partial charge in [0.05, 0.1) is 18.9 Å². The Kier molecular flexibility index (Phi) is 4.24. The molecule has 0 radical (unpaired) electrons. The van der Waals surface area contributed by atoms with Crippen molar-refractivity contribution in [1.29, 1.82) is 0 Å². The fraction of sp³-hybridized carbons (Fsp3) is 0.0667. The van der Waals surface area contributed by atoms with Gasteiger partial charge in [0, 0.05) is 22.9 Å². The van der Waals surface area contributed by atoms with Crippen LogP contribution in [0.1, 0.15) is 16.1 Å². The van der Waals surface area contributed by atoms with E-state index in [9.17, 15) is 4.79 Å². The van der Waals surface area contributed by atoms with Crippen LogP contribution in [0.2, 0.25) is 0 Å². The third kappa shape index (κ3) is 3.37. The zero-order chi connectivity index (χ0) is 15.4. The lowest BCUT2D eigenvalue weighted by atomic mass is 10.2. The Hall–Kier alpha value is -2.54. The average Bonchev–Trinajstić information content (AvgIpc) is 2.97. The van der Waals surface area contributed by atoms with Gasteiger partial charge in [-0.3, -0.25) is 9.78 Å². The third-order valence-electron chi connectivity index (χ3n) is 3.00. The van der Waals surface area contributed by atoms with Crippen LogP contribution in [-0.4, -0.2) is 25.7 Å². The molecule has 1 aromatic carbocycles. The molecule has 3 rings (SSSR count). The first-order valence-electron chi connectivity index (χ1n) is 6.56. The van der Waals surface area contributed by atoms with Crippen molar-refractivity contribution in [3.63, 3.8) is 0 Å². The number of carbonyl (C=O) groups excluding carboxylic acids is 1. The van der Waals surface area contributed by atoms with Gasteiger partial charge in [-0.1, -0.05) is 28.1 Å². The summed E-state index contributed by atoms with van der Waals surface area (Å²) in [6, 6.07) is 9.68. The van der Waals surface area contributed by atoms with E-state index in [1.807, 2.05) is 24.3 Å². The number of hydrogen-bond acceptors (Lipinski definition) is 4. The highest BCUT2D eigenvalue weighted by Gasteiger charge is 2.11. The van der Waals surface area contributed by atoms with Gasteiger partial charge in [-0.25, -0.2) is 9.67 Å². The van der Waals surface area contributed by atoms with Crippen LogP contribution >= 0.6 is 15.9 Å². The van der Waals surface area contributed by atoms with E-state index in [1.54, 1.807) is 16.9 Å². The lowest BCUT2D eigenvalue weighted by Gasteiger charge is -2.09. The molecule has 7 heteroatoms. The molecule has 1 N–H and O–H groups in total. The number of benzene rings is 1. The molecule has 0 aliphatic heterocycles. The number of anilines is 1. The molecule has 0 aliphatic rings. The molecule has 0 spiro atoms. The van der Waals surface area contributed by atoms with Crippen LogP contribution in [0.15, 0.2) is 59.6 Å². The van der Waals surface area contributed by atoms with Crippen molar-refractivity contribution in [2.45, 2.75) is 6.54 Å². The third-order valence-corrected chi connectivity index (χ3v) is 3.53. The summed E-state index contributed by atoms with van der Waals surface area (Å²) in [6.45, 7) is 0.566. The summed E-state index contributed by atoms with van der Waals surface area (Å²) in [5.41, 5.74) is 1.35. The SMILES string of the molecule is O=C(Nc1ccnn1Cc1ccc(Br)cc1)c1cnccn1. The smallest absolute Gasteiger partial charge is 0.277 e. The largest absolute Gasteiger partial charge is 0.305 e. The zero-order valence-electron chi connectivity index (χ0n) is 11.5. The molecule has 0 bridgehead atoms. The maximum atomic E-state index is 12.1. The Labute approximate surface area is 135 Å². The van der Waals surface area contributed by atoms with E-state index in [0.717, 1.165) is 10.0 Å². The number of amides is 1. The molecule has 3 aromatic rings. The van der Waals surface area contributed by atoms with Crippen LogP contribution in [0.3, 0.4) is 0 Å². The topological polar surface area (TPSA) is 72.7 Å². The summed E-state index contributed by atoms with van der Waals surface area (Å²) in [5.74, 6) is 0.296. The minimum Gasteiger partial charge on any atom is -0.305 e. The Morgan fingerprint density at radius 2 is 1.95 bits per heavy atom. The van der Waals surface area contributed by atoms with E-state index in [0.29, 0.717) is 12.4 Å². The fourth-order valence-corrected chi connectivity index (χ4v) is 2.19. The highest BCUT2D eigenvalue weighted by atomic mass is 79.9. The molecule has 22 heavy (non-hydrogen) atoms. The second-order valence-electron chi connectivity index (χ2n) is 4.55. The van der Waals surface area contributed by atoms with Gasteiger partial charge in [0.1, 0.15) is 11.5 Å². The van der Waals surface area contributed by atoms with E-state index in [4.69, 9.17) is 0 Å². The molecule has 2 aromatic heterocycles. The van der Waals surface area contributed by atoms with Crippen molar-refractivity contribution in [2.75, 3.05) is 5.32 Å². The van der Waals surface area contributed by atoms with Gasteiger partial charge in [0.2, 0.25) is 0 Å². The fourth-order valence-electron chi connectivity index (χ4n) is 1.92. The van der Waals surface area contributed by atoms with Crippen LogP contribution in [0.5, 0.6) is 0 Å². The van der Waals surface area contributed by atoms with Crippen molar-refractivity contribution >= 4 is 27.7 Å². The monoisotopic (exact) mass is 357 g/mol. The van der Waals surface area contributed by atoms with Crippen molar-refractivity contribution in [1.82, 2.24) is 19.7 Å². The van der Waals surface area contributed by atoms with E-state index in [1.165, 1.54) is 18.6 Å². The Bertz CT molecular complexity index is 770. The summed E-state index contributed by atoms with van der Waals surface area (Å²) >= 11 is 3.40. The molecule has 0 aliphatic carbocycles. The minimum absolute atomic E-state index is 0.263. The maximum Gasteiger partial charge on any atom is 0.277 e. The first-order chi connectivity index (χ1) is 10.7. The van der Waals surface area contributed by atoms with Crippen molar-refractivity contribution < 1.29 is 4.79 Å². The van der Waals surface area contributed by atoms with Gasteiger partial charge >= 0.3 is 0 Å². The number of aromatic nitrogens is 4. The molecule has 0 unspecified atom stereocenters. The Balaban J connectivity index is 1.75. The van der Waals surface area contributed by atoms with E-state index >= 15 is 0 Å². The van der Waals surface area contributed by atoms with Gasteiger partial charge in [0.15, 0.2) is 0 Å². The number of carbonyl (C=O) groups is 1. The molecule has 0 saturated heterocycles. The molecular weight excluding hydrogens is 346 g/mol. The average molecular weight is 358 g/mol. The maximum absolute atomic E-state index is 12.1. The van der Waals surface area contributed by atoms with Crippen molar-refractivity contribution in [3.8, 4) is 0 Å². The van der Waals surface area contributed by atoms with Crippen LogP contribution in [0.4, 0.5) is 5.82 Å². The molecule has 0 atom stereocenters. The van der Waals surface area contributed by atoms with E-state index < -0.39 is 0 Å². The summed E-state index contributed by atoms with van der Waals surface area (Å²) in [7, 11) is 0. The summed E-state index contributed by atoms with van der Waals surface area (Å²) < 4.78 is 2.74. The van der Waals surface area contributed by atoms with Crippen LogP contribution in [0, 0.1) is 0 Å². The predicted octanol–water partition coefficient (Wildman–Crippen LogP) is 2.74. The standard InChI is InChI=1S/C15H12BrN5O/c16-12-3-1-11(2-4-12)10-21-14(5-6-19-21)20-15(22)13-9-17-7-8-18-13/h1-9H,10H2,(H,20,22). The van der Waals surface area contributed by atoms with Crippen LogP contribution in [0.25, 0.3) is 0 Å². The lowest BCUT2D eigenvalue weighted by Crippen LogP contribution is -2.17. The number of hydrogen-bond donors (Lipinski definition) is 1. The molecule has 110 valence electrons. The minimum atomic E-state index is -0.314. The summed E-state index contributed by atoms with van der Waals surface area (Å²) in [5, 5.41) is 7.02. The Morgan fingerprint density at radius 3 is 2.68 bits per heavy atom. The van der Waals surface area contributed by atoms with Gasteiger partial charge < -0.3 is 5.32 Å². The van der Waals surface area contributed by atoms with Crippen molar-refractivity contribution in [3.05, 3.63) is 70.8 Å². The summed E-state index contributed by atoms with van der Waals surface area (Å²) in [6.07, 6.45) is 6.07. The Morgan fingerprint density at radius 1 is 1.14 bits per heavy atom. The van der Waals surface area contributed by atoms with Gasteiger partial charge in [-0.05, 0) is 17.7 Å². The quantitative estimate of drug-likeness (QED) is 0.778. The normalized spacial score (nSPS) is 10.4. The molecule has 6 nitrogen and oxygen atoms in total. The molecule has 2 heterocycles. The van der Waals surface area contributed by atoms with E-state index in [2.05, 4.69) is 36.3 Å². The molecular formula is C15H12BrN5O. The predicted molar refractivity (Wildman–Crippen MR) is 85.5 cm³/mol. The first-order valence-corrected chi connectivity index (χ1v) is 7.35. The van der Waals surface area contributed by atoms with Crippen LogP contribution < -0.4 is 5.32 Å². The number of halogens is 1. The van der Waals surface area contributed by atoms with E-state index in [-0.39, 0.29) is 11.6 Å². The molecule has 1 amide bonds. The first kappa shape index (κ1) is 14.4. The number of rotatable bonds is 4. The second-order valence-corrected chi connectivity index (χ2v) is 5.46. The zero-order valence-corrected chi connectivity index (χ0v) is 13.1. The lowest BCUT2D eigenvalue weighted by molar-refractivity contribution is 0.102. The highest BCUT2D eigenvalue weighted by molar-refractivity contribution is 9.10. The number of nitrogens with one attached hydrogen (secondary N) is 1. The molecule has 0 saturated carbocycles. The summed E-state index contributed by atoms with van der Waals surface area (Å²) in [4.78, 5) is 20.0.